The van der Waals surface area contributed by atoms with E-state index in [4.69, 9.17) is 4.74 Å². The number of likely N-dealkylation sites (N-methyl/N-ethyl adjacent to an activating group) is 1. The first kappa shape index (κ1) is 13.7. The third kappa shape index (κ3) is 6.30. The second-order valence-corrected chi connectivity index (χ2v) is 4.19. The number of halogens is 3. The van der Waals surface area contributed by atoms with Crippen LogP contribution in [0.3, 0.4) is 0 Å². The van der Waals surface area contributed by atoms with E-state index in [1.165, 1.54) is 11.9 Å². The van der Waals surface area contributed by atoms with Crippen molar-refractivity contribution < 1.29 is 17.9 Å². The van der Waals surface area contributed by atoms with E-state index in [0.29, 0.717) is 13.1 Å². The van der Waals surface area contributed by atoms with Gasteiger partial charge in [-0.2, -0.15) is 13.2 Å². The summed E-state index contributed by atoms with van der Waals surface area (Å²) in [6.45, 7) is 1.65. The summed E-state index contributed by atoms with van der Waals surface area (Å²) in [5.41, 5.74) is 0. The Morgan fingerprint density at radius 2 is 2.19 bits per heavy atom. The molecule has 1 atom stereocenters. The number of hydrogen-bond donors (Lipinski definition) is 1. The van der Waals surface area contributed by atoms with Gasteiger partial charge < -0.3 is 10.1 Å². The van der Waals surface area contributed by atoms with E-state index in [1.54, 1.807) is 0 Å². The molecule has 1 rings (SSSR count). The van der Waals surface area contributed by atoms with Crippen molar-refractivity contribution in [3.8, 4) is 0 Å². The molecular weight excluding hydrogens is 221 g/mol. The van der Waals surface area contributed by atoms with E-state index in [2.05, 4.69) is 5.32 Å². The minimum absolute atomic E-state index is 0.243. The Balaban J connectivity index is 1.97. The molecule has 1 N–H and O–H groups in total. The molecule has 1 aliphatic heterocycles. The van der Waals surface area contributed by atoms with Gasteiger partial charge in [-0.15, -0.1) is 0 Å². The highest BCUT2D eigenvalue weighted by molar-refractivity contribution is 4.68. The van der Waals surface area contributed by atoms with Crippen LogP contribution in [0.2, 0.25) is 0 Å². The molecular formula is C10H19F3N2O. The van der Waals surface area contributed by atoms with Gasteiger partial charge in [-0.25, -0.2) is 0 Å². The molecule has 0 amide bonds. The molecule has 0 saturated carbocycles. The molecule has 0 radical (unpaired) electrons. The summed E-state index contributed by atoms with van der Waals surface area (Å²) in [6.07, 6.45) is -1.73. The fourth-order valence-corrected chi connectivity index (χ4v) is 1.72. The molecule has 96 valence electrons. The van der Waals surface area contributed by atoms with Crippen molar-refractivity contribution in [2.45, 2.75) is 25.1 Å². The second-order valence-electron chi connectivity index (χ2n) is 4.19. The normalized spacial score (nSPS) is 21.9. The summed E-state index contributed by atoms with van der Waals surface area (Å²) in [5.74, 6) is 0. The van der Waals surface area contributed by atoms with Gasteiger partial charge >= 0.3 is 6.18 Å². The molecule has 1 unspecified atom stereocenters. The van der Waals surface area contributed by atoms with Crippen molar-refractivity contribution >= 4 is 0 Å². The Bertz CT molecular complexity index is 193. The first-order chi connectivity index (χ1) is 7.47. The van der Waals surface area contributed by atoms with Gasteiger partial charge in [0.2, 0.25) is 0 Å². The predicted molar refractivity (Wildman–Crippen MR) is 55.4 cm³/mol. The molecule has 0 spiro atoms. The molecule has 0 bridgehead atoms. The zero-order valence-corrected chi connectivity index (χ0v) is 9.52. The zero-order valence-electron chi connectivity index (χ0n) is 9.52. The Morgan fingerprint density at radius 1 is 1.44 bits per heavy atom. The van der Waals surface area contributed by atoms with Crippen LogP contribution in [0.25, 0.3) is 0 Å². The minimum atomic E-state index is -4.11. The predicted octanol–water partition coefficient (Wildman–Crippen LogP) is 1.25. The number of nitrogens with one attached hydrogen (secondary N) is 1. The van der Waals surface area contributed by atoms with Crippen LogP contribution in [-0.4, -0.2) is 57.0 Å². The van der Waals surface area contributed by atoms with Crippen LogP contribution in [0.15, 0.2) is 0 Å². The quantitative estimate of drug-likeness (QED) is 0.707. The Labute approximate surface area is 93.9 Å². The van der Waals surface area contributed by atoms with E-state index in [1.807, 2.05) is 0 Å². The maximum Gasteiger partial charge on any atom is 0.401 e. The highest BCUT2D eigenvalue weighted by Crippen LogP contribution is 2.15. The molecule has 1 heterocycles. The van der Waals surface area contributed by atoms with Crippen molar-refractivity contribution in [2.75, 3.05) is 39.8 Å². The zero-order chi connectivity index (χ0) is 12.0. The maximum absolute atomic E-state index is 12.0. The van der Waals surface area contributed by atoms with Gasteiger partial charge in [0, 0.05) is 26.2 Å². The smallest absolute Gasteiger partial charge is 0.377 e. The van der Waals surface area contributed by atoms with Crippen LogP contribution in [0.1, 0.15) is 12.8 Å². The number of nitrogens with zero attached hydrogens (tertiary/aromatic N) is 1. The molecule has 1 fully saturated rings. The van der Waals surface area contributed by atoms with E-state index in [-0.39, 0.29) is 6.10 Å². The summed E-state index contributed by atoms with van der Waals surface area (Å²) in [6, 6.07) is 0. The maximum atomic E-state index is 12.0. The van der Waals surface area contributed by atoms with E-state index >= 15 is 0 Å². The first-order valence-corrected chi connectivity index (χ1v) is 5.55. The molecule has 16 heavy (non-hydrogen) atoms. The standard InChI is InChI=1S/C10H19F3N2O/c1-15(8-10(11,12)13)5-4-14-7-9-3-2-6-16-9/h9,14H,2-8H2,1H3. The molecule has 3 nitrogen and oxygen atoms in total. The number of rotatable bonds is 6. The Hall–Kier alpha value is -0.330. The van der Waals surface area contributed by atoms with Gasteiger partial charge in [-0.1, -0.05) is 0 Å². The molecule has 0 aromatic carbocycles. The van der Waals surface area contributed by atoms with Gasteiger partial charge in [0.05, 0.1) is 12.6 Å². The third-order valence-electron chi connectivity index (χ3n) is 2.52. The van der Waals surface area contributed by atoms with Crippen molar-refractivity contribution in [1.29, 1.82) is 0 Å². The van der Waals surface area contributed by atoms with Crippen LogP contribution in [0, 0.1) is 0 Å². The minimum Gasteiger partial charge on any atom is -0.377 e. The molecule has 0 aliphatic carbocycles. The van der Waals surface area contributed by atoms with E-state index in [9.17, 15) is 13.2 Å². The summed E-state index contributed by atoms with van der Waals surface area (Å²) in [7, 11) is 1.47. The van der Waals surface area contributed by atoms with Crippen molar-refractivity contribution in [2.24, 2.45) is 0 Å². The molecule has 0 aromatic heterocycles. The van der Waals surface area contributed by atoms with Gasteiger partial charge in [-0.05, 0) is 19.9 Å². The fraction of sp³-hybridized carbons (Fsp3) is 1.00. The summed E-state index contributed by atoms with van der Waals surface area (Å²) >= 11 is 0. The van der Waals surface area contributed by atoms with Crippen LogP contribution in [0.4, 0.5) is 13.2 Å². The topological polar surface area (TPSA) is 24.5 Å². The van der Waals surface area contributed by atoms with Crippen LogP contribution < -0.4 is 5.32 Å². The Kier molecular flexibility index (Phi) is 5.51. The average Bonchev–Trinajstić information content (AvgIpc) is 2.62. The molecule has 1 aliphatic rings. The number of ether oxygens (including phenoxy) is 1. The fourth-order valence-electron chi connectivity index (χ4n) is 1.72. The number of hydrogen-bond acceptors (Lipinski definition) is 3. The molecule has 0 aromatic rings. The first-order valence-electron chi connectivity index (χ1n) is 5.55. The van der Waals surface area contributed by atoms with Crippen molar-refractivity contribution in [3.63, 3.8) is 0 Å². The van der Waals surface area contributed by atoms with Crippen LogP contribution in [0.5, 0.6) is 0 Å². The van der Waals surface area contributed by atoms with E-state index in [0.717, 1.165) is 26.0 Å². The SMILES string of the molecule is CN(CCNCC1CCCO1)CC(F)(F)F. The van der Waals surface area contributed by atoms with Crippen LogP contribution >= 0.6 is 0 Å². The lowest BCUT2D eigenvalue weighted by Gasteiger charge is -2.19. The molecule has 6 heteroatoms. The monoisotopic (exact) mass is 240 g/mol. The second kappa shape index (κ2) is 6.42. The Morgan fingerprint density at radius 3 is 2.75 bits per heavy atom. The number of alkyl halides is 3. The van der Waals surface area contributed by atoms with Crippen molar-refractivity contribution in [1.82, 2.24) is 10.2 Å². The largest absolute Gasteiger partial charge is 0.401 e. The summed E-state index contributed by atoms with van der Waals surface area (Å²) in [4.78, 5) is 1.27. The van der Waals surface area contributed by atoms with Gasteiger partial charge in [-0.3, -0.25) is 4.90 Å². The summed E-state index contributed by atoms with van der Waals surface area (Å²) in [5, 5.41) is 3.11. The van der Waals surface area contributed by atoms with Gasteiger partial charge in [0.1, 0.15) is 0 Å². The third-order valence-corrected chi connectivity index (χ3v) is 2.52. The summed E-state index contributed by atoms with van der Waals surface area (Å²) < 4.78 is 41.3. The average molecular weight is 240 g/mol. The van der Waals surface area contributed by atoms with E-state index < -0.39 is 12.7 Å². The molecule has 1 saturated heterocycles. The van der Waals surface area contributed by atoms with Crippen LogP contribution in [-0.2, 0) is 4.74 Å². The highest BCUT2D eigenvalue weighted by atomic mass is 19.4. The lowest BCUT2D eigenvalue weighted by molar-refractivity contribution is -0.142. The van der Waals surface area contributed by atoms with Gasteiger partial charge in [0.15, 0.2) is 0 Å². The van der Waals surface area contributed by atoms with Gasteiger partial charge in [0.25, 0.3) is 0 Å². The highest BCUT2D eigenvalue weighted by Gasteiger charge is 2.28. The lowest BCUT2D eigenvalue weighted by Crippen LogP contribution is -2.37. The van der Waals surface area contributed by atoms with Crippen molar-refractivity contribution in [3.05, 3.63) is 0 Å². The lowest BCUT2D eigenvalue weighted by atomic mass is 10.2.